The summed E-state index contributed by atoms with van der Waals surface area (Å²) in [6, 6.07) is 12.0. The minimum absolute atomic E-state index is 0.000687. The van der Waals surface area contributed by atoms with Crippen LogP contribution in [0.4, 0.5) is 18.9 Å². The molecule has 0 bridgehead atoms. The fraction of sp³-hybridized carbons (Fsp3) is 0.100. The van der Waals surface area contributed by atoms with Crippen LogP contribution in [0, 0.1) is 10.1 Å². The van der Waals surface area contributed by atoms with Crippen molar-refractivity contribution in [2.75, 3.05) is 0 Å². The van der Waals surface area contributed by atoms with Gasteiger partial charge in [-0.2, -0.15) is 13.2 Å². The van der Waals surface area contributed by atoms with E-state index in [-0.39, 0.29) is 17.9 Å². The van der Waals surface area contributed by atoms with Gasteiger partial charge in [0, 0.05) is 17.7 Å². The van der Waals surface area contributed by atoms with Gasteiger partial charge in [0.25, 0.3) is 17.2 Å². The molecule has 31 heavy (non-hydrogen) atoms. The lowest BCUT2D eigenvalue weighted by molar-refractivity contribution is -0.384. The molecule has 11 heteroatoms. The van der Waals surface area contributed by atoms with E-state index in [1.54, 1.807) is 11.1 Å². The summed E-state index contributed by atoms with van der Waals surface area (Å²) in [5, 5.41) is 10.8. The van der Waals surface area contributed by atoms with Crippen molar-refractivity contribution in [1.29, 1.82) is 0 Å². The number of H-pyrrole nitrogens is 1. The van der Waals surface area contributed by atoms with Crippen LogP contribution in [0.5, 0.6) is 5.75 Å². The Morgan fingerprint density at radius 1 is 1.13 bits per heavy atom. The third kappa shape index (κ3) is 4.89. The number of carbonyl (C=O) groups is 1. The Labute approximate surface area is 172 Å². The predicted octanol–water partition coefficient (Wildman–Crippen LogP) is 3.65. The number of halogens is 3. The van der Waals surface area contributed by atoms with Crippen molar-refractivity contribution in [3.63, 3.8) is 0 Å². The summed E-state index contributed by atoms with van der Waals surface area (Å²) in [4.78, 5) is 35.0. The molecule has 0 fully saturated rings. The molecule has 0 aliphatic heterocycles. The number of rotatable bonds is 6. The molecule has 0 spiro atoms. The summed E-state index contributed by atoms with van der Waals surface area (Å²) >= 11 is 0. The van der Waals surface area contributed by atoms with Crippen molar-refractivity contribution >= 4 is 11.6 Å². The predicted molar refractivity (Wildman–Crippen MR) is 103 cm³/mol. The summed E-state index contributed by atoms with van der Waals surface area (Å²) in [6.07, 6.45) is -4.87. The van der Waals surface area contributed by atoms with E-state index in [1.807, 2.05) is 0 Å². The maximum absolute atomic E-state index is 13.4. The highest BCUT2D eigenvalue weighted by molar-refractivity contribution is 5.94. The van der Waals surface area contributed by atoms with Crippen LogP contribution in [0.15, 0.2) is 59.4 Å². The van der Waals surface area contributed by atoms with Gasteiger partial charge in [0.05, 0.1) is 4.92 Å². The minimum atomic E-state index is -4.87. The number of nitrogens with one attached hydrogen (secondary N) is 1. The Kier molecular flexibility index (Phi) is 5.77. The maximum Gasteiger partial charge on any atom is 0.431 e. The summed E-state index contributed by atoms with van der Waals surface area (Å²) in [6.45, 7) is -0.000687. The number of nitrogens with two attached hydrogens (primary N) is 1. The van der Waals surface area contributed by atoms with Crippen LogP contribution in [-0.2, 0) is 12.8 Å². The lowest BCUT2D eigenvalue weighted by Gasteiger charge is -2.14. The summed E-state index contributed by atoms with van der Waals surface area (Å²) in [7, 11) is 0. The van der Waals surface area contributed by atoms with Crippen LogP contribution in [0.25, 0.3) is 11.1 Å². The Hall–Kier alpha value is -4.15. The molecule has 0 aliphatic carbocycles. The lowest BCUT2D eigenvalue weighted by atomic mass is 10.0. The van der Waals surface area contributed by atoms with Gasteiger partial charge in [0.1, 0.15) is 23.6 Å². The Balaban J connectivity index is 1.88. The number of non-ortho nitro benzene ring substituents is 1. The molecule has 0 saturated carbocycles. The number of ether oxygens (including phenoxy) is 1. The van der Waals surface area contributed by atoms with E-state index in [0.717, 1.165) is 6.07 Å². The summed E-state index contributed by atoms with van der Waals surface area (Å²) in [5.74, 6) is -0.864. The van der Waals surface area contributed by atoms with E-state index in [4.69, 9.17) is 10.5 Å². The summed E-state index contributed by atoms with van der Waals surface area (Å²) in [5.41, 5.74) is 1.99. The van der Waals surface area contributed by atoms with Gasteiger partial charge in [-0.15, -0.1) is 0 Å². The number of aromatic amines is 1. The number of nitro groups is 1. The van der Waals surface area contributed by atoms with E-state index in [1.165, 1.54) is 42.5 Å². The topological polar surface area (TPSA) is 128 Å². The van der Waals surface area contributed by atoms with E-state index in [9.17, 15) is 32.9 Å². The van der Waals surface area contributed by atoms with Crippen LogP contribution in [0.1, 0.15) is 21.6 Å². The van der Waals surface area contributed by atoms with E-state index in [2.05, 4.69) is 0 Å². The molecule has 0 aliphatic rings. The number of hydrogen-bond acceptors (Lipinski definition) is 5. The smallest absolute Gasteiger partial charge is 0.431 e. The molecular weight excluding hydrogens is 419 g/mol. The molecule has 3 N–H and O–H groups in total. The Morgan fingerprint density at radius 3 is 2.39 bits per heavy atom. The quantitative estimate of drug-likeness (QED) is 0.453. The number of benzene rings is 2. The largest absolute Gasteiger partial charge is 0.489 e. The molecule has 1 aromatic heterocycles. The minimum Gasteiger partial charge on any atom is -0.489 e. The molecule has 1 heterocycles. The van der Waals surface area contributed by atoms with E-state index < -0.39 is 39.4 Å². The van der Waals surface area contributed by atoms with Crippen molar-refractivity contribution < 1.29 is 27.6 Å². The first-order chi connectivity index (χ1) is 14.6. The molecule has 1 amide bonds. The molecule has 2 aromatic carbocycles. The van der Waals surface area contributed by atoms with Crippen LogP contribution < -0.4 is 16.0 Å². The summed E-state index contributed by atoms with van der Waals surface area (Å²) < 4.78 is 45.6. The molecule has 160 valence electrons. The van der Waals surface area contributed by atoms with Crippen LogP contribution in [0.2, 0.25) is 0 Å². The monoisotopic (exact) mass is 433 g/mol. The average Bonchev–Trinajstić information content (AvgIpc) is 2.72. The van der Waals surface area contributed by atoms with Gasteiger partial charge in [-0.05, 0) is 29.3 Å². The SMILES string of the molecule is NC(=O)c1cc(-c2ccc(OCc3cccc([N+](=O)[O-])c3)cc2)c(C(F)(F)F)[nH]c1=O. The Bertz CT molecular complexity index is 1200. The van der Waals surface area contributed by atoms with Gasteiger partial charge in [0.15, 0.2) is 0 Å². The van der Waals surface area contributed by atoms with Gasteiger partial charge in [0.2, 0.25) is 0 Å². The number of pyridine rings is 1. The standard InChI is InChI=1S/C20H14F3N3O5/c21-20(22,23)17-15(9-16(18(24)27)19(28)25-17)12-4-6-14(7-5-12)31-10-11-2-1-3-13(8-11)26(29)30/h1-9H,10H2,(H2,24,27)(H,25,28). The highest BCUT2D eigenvalue weighted by Crippen LogP contribution is 2.35. The van der Waals surface area contributed by atoms with E-state index >= 15 is 0 Å². The third-order valence-electron chi connectivity index (χ3n) is 4.28. The highest BCUT2D eigenvalue weighted by atomic mass is 19.4. The van der Waals surface area contributed by atoms with Crippen molar-refractivity contribution in [1.82, 2.24) is 4.98 Å². The zero-order valence-electron chi connectivity index (χ0n) is 15.6. The van der Waals surface area contributed by atoms with Crippen LogP contribution >= 0.6 is 0 Å². The zero-order chi connectivity index (χ0) is 22.8. The molecule has 0 saturated heterocycles. The first-order valence-corrected chi connectivity index (χ1v) is 8.67. The van der Waals surface area contributed by atoms with Gasteiger partial charge < -0.3 is 15.5 Å². The van der Waals surface area contributed by atoms with Crippen molar-refractivity contribution in [2.45, 2.75) is 12.8 Å². The number of alkyl halides is 3. The van der Waals surface area contributed by atoms with Gasteiger partial charge in [-0.1, -0.05) is 24.3 Å². The number of amides is 1. The molecule has 0 atom stereocenters. The molecule has 3 aromatic rings. The first-order valence-electron chi connectivity index (χ1n) is 8.67. The number of hydrogen-bond donors (Lipinski definition) is 2. The first kappa shape index (κ1) is 21.6. The second kappa shape index (κ2) is 8.30. The average molecular weight is 433 g/mol. The molecule has 0 radical (unpaired) electrons. The molecule has 0 unspecified atom stereocenters. The third-order valence-corrected chi connectivity index (χ3v) is 4.28. The number of carbonyl (C=O) groups excluding carboxylic acids is 1. The normalized spacial score (nSPS) is 11.2. The molecule has 3 rings (SSSR count). The number of nitrogens with zero attached hydrogens (tertiary/aromatic N) is 1. The van der Waals surface area contributed by atoms with Crippen molar-refractivity contribution in [2.24, 2.45) is 5.73 Å². The Morgan fingerprint density at radius 2 is 1.81 bits per heavy atom. The maximum atomic E-state index is 13.4. The molecular formula is C20H14F3N3O5. The van der Waals surface area contributed by atoms with Crippen molar-refractivity contribution in [3.05, 3.63) is 91.9 Å². The van der Waals surface area contributed by atoms with Crippen LogP contribution in [-0.4, -0.2) is 15.8 Å². The lowest BCUT2D eigenvalue weighted by Crippen LogP contribution is -2.27. The van der Waals surface area contributed by atoms with Gasteiger partial charge in [-0.25, -0.2) is 0 Å². The molecule has 8 nitrogen and oxygen atoms in total. The van der Waals surface area contributed by atoms with Gasteiger partial charge in [-0.3, -0.25) is 19.7 Å². The second-order valence-corrected chi connectivity index (χ2v) is 6.40. The fourth-order valence-electron chi connectivity index (χ4n) is 2.82. The number of nitro benzene ring substituents is 1. The van der Waals surface area contributed by atoms with E-state index in [0.29, 0.717) is 11.3 Å². The highest BCUT2D eigenvalue weighted by Gasteiger charge is 2.36. The number of aromatic nitrogens is 1. The zero-order valence-corrected chi connectivity index (χ0v) is 15.6. The second-order valence-electron chi connectivity index (χ2n) is 6.40. The fourth-order valence-corrected chi connectivity index (χ4v) is 2.82. The number of primary amides is 1. The van der Waals surface area contributed by atoms with Crippen LogP contribution in [0.3, 0.4) is 0 Å². The van der Waals surface area contributed by atoms with Gasteiger partial charge >= 0.3 is 6.18 Å². The van der Waals surface area contributed by atoms with Crippen molar-refractivity contribution in [3.8, 4) is 16.9 Å².